The van der Waals surface area contributed by atoms with Gasteiger partial charge < -0.3 is 14.6 Å². The number of phenolic OH excluding ortho intramolecular Hbond substituents is 1. The van der Waals surface area contributed by atoms with E-state index in [1.807, 2.05) is 0 Å². The van der Waals surface area contributed by atoms with Gasteiger partial charge in [0.05, 0.1) is 6.61 Å². The van der Waals surface area contributed by atoms with Gasteiger partial charge in [0.25, 0.3) is 0 Å². The van der Waals surface area contributed by atoms with E-state index in [2.05, 4.69) is 6.92 Å². The highest BCUT2D eigenvalue weighted by molar-refractivity contribution is 5.29. The van der Waals surface area contributed by atoms with Crippen molar-refractivity contribution in [2.75, 3.05) is 19.8 Å². The number of unbranched alkanes of at least 4 members (excludes halogenated alkanes) is 2. The van der Waals surface area contributed by atoms with Crippen LogP contribution in [0.2, 0.25) is 0 Å². The molecule has 0 bridgehead atoms. The number of benzene rings is 1. The third-order valence-corrected chi connectivity index (χ3v) is 2.23. The first-order valence-electron chi connectivity index (χ1n) is 5.82. The Bertz CT molecular complexity index is 269. The molecule has 3 nitrogen and oxygen atoms in total. The maximum atomic E-state index is 9.07. The van der Waals surface area contributed by atoms with Gasteiger partial charge in [-0.2, -0.15) is 0 Å². The van der Waals surface area contributed by atoms with Gasteiger partial charge in [-0.25, -0.2) is 0 Å². The number of rotatable bonds is 8. The maximum Gasteiger partial charge on any atom is 0.119 e. The van der Waals surface area contributed by atoms with Crippen LogP contribution in [0.25, 0.3) is 0 Å². The summed E-state index contributed by atoms with van der Waals surface area (Å²) >= 11 is 0. The van der Waals surface area contributed by atoms with Crippen LogP contribution in [0.4, 0.5) is 0 Å². The predicted octanol–water partition coefficient (Wildman–Crippen LogP) is 2.98. The van der Waals surface area contributed by atoms with Gasteiger partial charge in [0, 0.05) is 6.61 Å². The molecule has 0 fully saturated rings. The summed E-state index contributed by atoms with van der Waals surface area (Å²) in [5.41, 5.74) is 0. The van der Waals surface area contributed by atoms with Gasteiger partial charge in [-0.15, -0.1) is 0 Å². The van der Waals surface area contributed by atoms with Gasteiger partial charge in [0.15, 0.2) is 0 Å². The zero-order valence-electron chi connectivity index (χ0n) is 9.82. The Kier molecular flexibility index (Phi) is 6.42. The Morgan fingerprint density at radius 2 is 1.75 bits per heavy atom. The molecular formula is C13H20O3. The van der Waals surface area contributed by atoms with E-state index in [1.54, 1.807) is 24.3 Å². The van der Waals surface area contributed by atoms with Crippen LogP contribution in [0, 0.1) is 0 Å². The van der Waals surface area contributed by atoms with Crippen LogP contribution in [0.1, 0.15) is 26.2 Å². The van der Waals surface area contributed by atoms with Crippen LogP contribution in [0.5, 0.6) is 11.5 Å². The number of aromatic hydroxyl groups is 1. The summed E-state index contributed by atoms with van der Waals surface area (Å²) in [5.74, 6) is 1.01. The average Bonchev–Trinajstić information content (AvgIpc) is 2.30. The summed E-state index contributed by atoms with van der Waals surface area (Å²) in [6.45, 7) is 4.15. The highest BCUT2D eigenvalue weighted by Crippen LogP contribution is 2.15. The Hall–Kier alpha value is -1.22. The van der Waals surface area contributed by atoms with Crippen molar-refractivity contribution < 1.29 is 14.6 Å². The molecule has 90 valence electrons. The third kappa shape index (κ3) is 5.61. The maximum absolute atomic E-state index is 9.07. The average molecular weight is 224 g/mol. The monoisotopic (exact) mass is 224 g/mol. The van der Waals surface area contributed by atoms with E-state index < -0.39 is 0 Å². The van der Waals surface area contributed by atoms with Crippen molar-refractivity contribution in [3.8, 4) is 11.5 Å². The molecule has 0 radical (unpaired) electrons. The SMILES string of the molecule is CCCCCOCCOc1ccc(O)cc1. The molecule has 0 heterocycles. The molecule has 1 aromatic carbocycles. The Balaban J connectivity index is 2.01. The first-order valence-corrected chi connectivity index (χ1v) is 5.82. The Morgan fingerprint density at radius 1 is 1.00 bits per heavy atom. The van der Waals surface area contributed by atoms with Crippen molar-refractivity contribution in [3.05, 3.63) is 24.3 Å². The van der Waals surface area contributed by atoms with Gasteiger partial charge in [-0.05, 0) is 30.7 Å². The predicted molar refractivity (Wildman–Crippen MR) is 63.9 cm³/mol. The fourth-order valence-corrected chi connectivity index (χ4v) is 1.32. The van der Waals surface area contributed by atoms with E-state index in [9.17, 15) is 0 Å². The van der Waals surface area contributed by atoms with Crippen molar-refractivity contribution in [3.63, 3.8) is 0 Å². The number of ether oxygens (including phenoxy) is 2. The van der Waals surface area contributed by atoms with Gasteiger partial charge in [0.2, 0.25) is 0 Å². The fraction of sp³-hybridized carbons (Fsp3) is 0.538. The van der Waals surface area contributed by atoms with Gasteiger partial charge in [0.1, 0.15) is 18.1 Å². The molecule has 0 unspecified atom stereocenters. The van der Waals surface area contributed by atoms with Crippen molar-refractivity contribution in [2.24, 2.45) is 0 Å². The highest BCUT2D eigenvalue weighted by atomic mass is 16.5. The van der Waals surface area contributed by atoms with E-state index in [0.717, 1.165) is 18.8 Å². The molecule has 1 aromatic rings. The molecule has 16 heavy (non-hydrogen) atoms. The molecule has 0 aliphatic heterocycles. The molecule has 0 saturated carbocycles. The van der Waals surface area contributed by atoms with Gasteiger partial charge >= 0.3 is 0 Å². The quantitative estimate of drug-likeness (QED) is 0.690. The molecule has 1 rings (SSSR count). The van der Waals surface area contributed by atoms with Crippen LogP contribution in [-0.2, 0) is 4.74 Å². The van der Waals surface area contributed by atoms with Crippen molar-refractivity contribution in [1.29, 1.82) is 0 Å². The minimum atomic E-state index is 0.253. The van der Waals surface area contributed by atoms with E-state index in [0.29, 0.717) is 13.2 Å². The first kappa shape index (κ1) is 12.8. The first-order chi connectivity index (χ1) is 7.83. The molecule has 0 aromatic heterocycles. The van der Waals surface area contributed by atoms with Crippen molar-refractivity contribution in [2.45, 2.75) is 26.2 Å². The van der Waals surface area contributed by atoms with Crippen LogP contribution >= 0.6 is 0 Å². The Morgan fingerprint density at radius 3 is 2.44 bits per heavy atom. The molecule has 0 amide bonds. The van der Waals surface area contributed by atoms with E-state index in [4.69, 9.17) is 14.6 Å². The topological polar surface area (TPSA) is 38.7 Å². The molecule has 0 atom stereocenters. The summed E-state index contributed by atoms with van der Waals surface area (Å²) < 4.78 is 10.8. The lowest BCUT2D eigenvalue weighted by atomic mass is 10.3. The van der Waals surface area contributed by atoms with Crippen LogP contribution in [-0.4, -0.2) is 24.9 Å². The molecule has 1 N–H and O–H groups in total. The third-order valence-electron chi connectivity index (χ3n) is 2.23. The minimum absolute atomic E-state index is 0.253. The largest absolute Gasteiger partial charge is 0.508 e. The summed E-state index contributed by atoms with van der Waals surface area (Å²) in [4.78, 5) is 0. The summed E-state index contributed by atoms with van der Waals surface area (Å²) in [5, 5.41) is 9.07. The minimum Gasteiger partial charge on any atom is -0.508 e. The Labute approximate surface area is 97.0 Å². The summed E-state index contributed by atoms with van der Waals surface area (Å²) in [6.07, 6.45) is 3.56. The number of phenols is 1. The van der Waals surface area contributed by atoms with Crippen LogP contribution < -0.4 is 4.74 Å². The second-order valence-corrected chi connectivity index (χ2v) is 3.66. The molecule has 0 aliphatic rings. The molecular weight excluding hydrogens is 204 g/mol. The van der Waals surface area contributed by atoms with Crippen molar-refractivity contribution in [1.82, 2.24) is 0 Å². The van der Waals surface area contributed by atoms with E-state index in [1.165, 1.54) is 12.8 Å². The molecule has 0 spiro atoms. The second-order valence-electron chi connectivity index (χ2n) is 3.66. The zero-order valence-corrected chi connectivity index (χ0v) is 9.82. The fourth-order valence-electron chi connectivity index (χ4n) is 1.32. The lowest BCUT2D eigenvalue weighted by molar-refractivity contribution is 0.0973. The molecule has 3 heteroatoms. The molecule has 0 aliphatic carbocycles. The van der Waals surface area contributed by atoms with Gasteiger partial charge in [-0.1, -0.05) is 19.8 Å². The lowest BCUT2D eigenvalue weighted by Crippen LogP contribution is -2.07. The van der Waals surface area contributed by atoms with Crippen LogP contribution in [0.3, 0.4) is 0 Å². The lowest BCUT2D eigenvalue weighted by Gasteiger charge is -2.06. The van der Waals surface area contributed by atoms with E-state index in [-0.39, 0.29) is 5.75 Å². The highest BCUT2D eigenvalue weighted by Gasteiger charge is 1.94. The van der Waals surface area contributed by atoms with Crippen molar-refractivity contribution >= 4 is 0 Å². The van der Waals surface area contributed by atoms with Crippen LogP contribution in [0.15, 0.2) is 24.3 Å². The zero-order chi connectivity index (χ0) is 11.6. The van der Waals surface area contributed by atoms with Gasteiger partial charge in [-0.3, -0.25) is 0 Å². The standard InChI is InChI=1S/C13H20O3/c1-2-3-4-9-15-10-11-16-13-7-5-12(14)6-8-13/h5-8,14H,2-4,9-11H2,1H3. The molecule has 0 saturated heterocycles. The smallest absolute Gasteiger partial charge is 0.119 e. The normalized spacial score (nSPS) is 10.3. The summed E-state index contributed by atoms with van der Waals surface area (Å²) in [7, 11) is 0. The second kappa shape index (κ2) is 7.99. The summed E-state index contributed by atoms with van der Waals surface area (Å²) in [6, 6.07) is 6.70. The number of hydrogen-bond acceptors (Lipinski definition) is 3. The van der Waals surface area contributed by atoms with E-state index >= 15 is 0 Å². The number of hydrogen-bond donors (Lipinski definition) is 1.